The third kappa shape index (κ3) is 3.78. The summed E-state index contributed by atoms with van der Waals surface area (Å²) in [6.07, 6.45) is 2.68. The van der Waals surface area contributed by atoms with Gasteiger partial charge in [-0.05, 0) is 43.5 Å². The summed E-state index contributed by atoms with van der Waals surface area (Å²) in [5.41, 5.74) is 6.19. The van der Waals surface area contributed by atoms with Crippen molar-refractivity contribution in [1.29, 1.82) is 0 Å². The monoisotopic (exact) mass is 293 g/mol. The molecule has 1 aromatic carbocycles. The minimum atomic E-state index is -0.528. The molecule has 0 spiro atoms. The number of rotatable bonds is 4. The Labute approximate surface area is 123 Å². The first-order valence-electron chi connectivity index (χ1n) is 7.09. The van der Waals surface area contributed by atoms with E-state index in [1.807, 2.05) is 0 Å². The minimum absolute atomic E-state index is 0.0777. The van der Waals surface area contributed by atoms with E-state index >= 15 is 0 Å². The summed E-state index contributed by atoms with van der Waals surface area (Å²) in [6.45, 7) is 1.83. The normalized spacial score (nSPS) is 21.1. The van der Waals surface area contributed by atoms with Crippen LogP contribution >= 0.6 is 0 Å². The predicted octanol–water partition coefficient (Wildman–Crippen LogP) is 2.10. The van der Waals surface area contributed by atoms with Gasteiger partial charge in [0, 0.05) is 18.5 Å². The van der Waals surface area contributed by atoms with Gasteiger partial charge < -0.3 is 16.4 Å². The van der Waals surface area contributed by atoms with Crippen LogP contribution < -0.4 is 16.4 Å². The van der Waals surface area contributed by atoms with Crippen molar-refractivity contribution in [2.75, 3.05) is 17.2 Å². The van der Waals surface area contributed by atoms with Gasteiger partial charge >= 0.3 is 0 Å². The molecule has 6 heteroatoms. The van der Waals surface area contributed by atoms with Gasteiger partial charge in [-0.2, -0.15) is 0 Å². The molecule has 1 fully saturated rings. The maximum atomic E-state index is 13.8. The zero-order chi connectivity index (χ0) is 15.4. The van der Waals surface area contributed by atoms with Gasteiger partial charge in [-0.3, -0.25) is 9.59 Å². The third-order valence-electron chi connectivity index (χ3n) is 3.84. The molecule has 0 bridgehead atoms. The molecule has 114 valence electrons. The summed E-state index contributed by atoms with van der Waals surface area (Å²) >= 11 is 0. The molecule has 2 unspecified atom stereocenters. The Bertz CT molecular complexity index is 548. The van der Waals surface area contributed by atoms with Crippen LogP contribution in [0.1, 0.15) is 26.2 Å². The second kappa shape index (κ2) is 6.67. The molecule has 0 radical (unpaired) electrons. The first-order valence-corrected chi connectivity index (χ1v) is 7.09. The molecular weight excluding hydrogens is 273 g/mol. The highest BCUT2D eigenvalue weighted by molar-refractivity contribution is 5.94. The van der Waals surface area contributed by atoms with Crippen molar-refractivity contribution >= 4 is 23.2 Å². The summed E-state index contributed by atoms with van der Waals surface area (Å²) < 4.78 is 13.8. The van der Waals surface area contributed by atoms with Crippen molar-refractivity contribution in [3.63, 3.8) is 0 Å². The Morgan fingerprint density at radius 2 is 2.10 bits per heavy atom. The first-order chi connectivity index (χ1) is 10.0. The topological polar surface area (TPSA) is 84.2 Å². The second-order valence-electron chi connectivity index (χ2n) is 5.40. The maximum Gasteiger partial charge on any atom is 0.227 e. The summed E-state index contributed by atoms with van der Waals surface area (Å²) in [4.78, 5) is 23.3. The van der Waals surface area contributed by atoms with Crippen LogP contribution in [0.3, 0.4) is 0 Å². The van der Waals surface area contributed by atoms with E-state index in [-0.39, 0.29) is 29.3 Å². The number of hydrogen-bond donors (Lipinski definition) is 3. The average molecular weight is 293 g/mol. The number of anilines is 2. The SMILES string of the molecule is CC(=O)Nc1ccc(F)c(NC(=O)C2CCCC2CN)c1. The number of halogens is 1. The van der Waals surface area contributed by atoms with Gasteiger partial charge in [-0.15, -0.1) is 0 Å². The molecule has 1 aliphatic rings. The van der Waals surface area contributed by atoms with Crippen molar-refractivity contribution in [3.8, 4) is 0 Å². The number of nitrogens with two attached hydrogens (primary N) is 1. The molecule has 0 aliphatic heterocycles. The number of carbonyl (C=O) groups is 2. The van der Waals surface area contributed by atoms with Crippen LogP contribution in [0.2, 0.25) is 0 Å². The minimum Gasteiger partial charge on any atom is -0.330 e. The number of hydrogen-bond acceptors (Lipinski definition) is 3. The van der Waals surface area contributed by atoms with E-state index in [1.54, 1.807) is 0 Å². The maximum absolute atomic E-state index is 13.8. The van der Waals surface area contributed by atoms with Crippen LogP contribution in [0.4, 0.5) is 15.8 Å². The third-order valence-corrected chi connectivity index (χ3v) is 3.84. The van der Waals surface area contributed by atoms with E-state index in [4.69, 9.17) is 5.73 Å². The molecule has 4 N–H and O–H groups in total. The molecule has 0 saturated heterocycles. The zero-order valence-corrected chi connectivity index (χ0v) is 12.0. The molecule has 2 amide bonds. The zero-order valence-electron chi connectivity index (χ0n) is 12.0. The molecule has 5 nitrogen and oxygen atoms in total. The van der Waals surface area contributed by atoms with Crippen molar-refractivity contribution in [2.45, 2.75) is 26.2 Å². The molecule has 1 saturated carbocycles. The summed E-state index contributed by atoms with van der Waals surface area (Å²) in [5.74, 6) is -0.996. The molecule has 2 rings (SSSR count). The van der Waals surface area contributed by atoms with Gasteiger partial charge in [0.25, 0.3) is 0 Å². The van der Waals surface area contributed by atoms with Crippen LogP contribution in [0.15, 0.2) is 18.2 Å². The fraction of sp³-hybridized carbons (Fsp3) is 0.467. The van der Waals surface area contributed by atoms with Crippen LogP contribution in [0, 0.1) is 17.7 Å². The van der Waals surface area contributed by atoms with Crippen molar-refractivity contribution in [2.24, 2.45) is 17.6 Å². The highest BCUT2D eigenvalue weighted by Gasteiger charge is 2.32. The highest BCUT2D eigenvalue weighted by atomic mass is 19.1. The number of carbonyl (C=O) groups excluding carboxylic acids is 2. The molecule has 0 aromatic heterocycles. The Hall–Kier alpha value is -1.95. The first kappa shape index (κ1) is 15.4. The Kier molecular flexibility index (Phi) is 4.90. The van der Waals surface area contributed by atoms with Crippen molar-refractivity contribution < 1.29 is 14.0 Å². The molecule has 0 heterocycles. The van der Waals surface area contributed by atoms with E-state index in [1.165, 1.54) is 25.1 Å². The molecule has 21 heavy (non-hydrogen) atoms. The van der Waals surface area contributed by atoms with E-state index in [9.17, 15) is 14.0 Å². The lowest BCUT2D eigenvalue weighted by atomic mass is 9.95. The summed E-state index contributed by atoms with van der Waals surface area (Å²) in [7, 11) is 0. The van der Waals surface area contributed by atoms with Crippen LogP contribution in [0.25, 0.3) is 0 Å². The largest absolute Gasteiger partial charge is 0.330 e. The van der Waals surface area contributed by atoms with Gasteiger partial charge in [-0.1, -0.05) is 6.42 Å². The van der Waals surface area contributed by atoms with Crippen LogP contribution in [-0.2, 0) is 9.59 Å². The summed E-state index contributed by atoms with van der Waals surface area (Å²) in [6, 6.07) is 4.08. The van der Waals surface area contributed by atoms with E-state index in [2.05, 4.69) is 10.6 Å². The highest BCUT2D eigenvalue weighted by Crippen LogP contribution is 2.32. The number of benzene rings is 1. The lowest BCUT2D eigenvalue weighted by Crippen LogP contribution is -2.30. The number of nitrogens with one attached hydrogen (secondary N) is 2. The van der Waals surface area contributed by atoms with Gasteiger partial charge in [0.15, 0.2) is 0 Å². The predicted molar refractivity (Wildman–Crippen MR) is 79.2 cm³/mol. The Balaban J connectivity index is 2.11. The van der Waals surface area contributed by atoms with E-state index < -0.39 is 5.82 Å². The molecular formula is C15H20FN3O2. The van der Waals surface area contributed by atoms with E-state index in [0.717, 1.165) is 19.3 Å². The van der Waals surface area contributed by atoms with E-state index in [0.29, 0.717) is 12.2 Å². The fourth-order valence-corrected chi connectivity index (χ4v) is 2.79. The second-order valence-corrected chi connectivity index (χ2v) is 5.40. The average Bonchev–Trinajstić information content (AvgIpc) is 2.90. The summed E-state index contributed by atoms with van der Waals surface area (Å²) in [5, 5.41) is 5.17. The van der Waals surface area contributed by atoms with Gasteiger partial charge in [0.1, 0.15) is 5.82 Å². The molecule has 1 aliphatic carbocycles. The smallest absolute Gasteiger partial charge is 0.227 e. The standard InChI is InChI=1S/C15H20FN3O2/c1-9(20)18-11-5-6-13(16)14(7-11)19-15(21)12-4-2-3-10(12)8-17/h5-7,10,12H,2-4,8,17H2,1H3,(H,18,20)(H,19,21). The molecule has 2 atom stereocenters. The van der Waals surface area contributed by atoms with Crippen molar-refractivity contribution in [3.05, 3.63) is 24.0 Å². The van der Waals surface area contributed by atoms with Gasteiger partial charge in [0.05, 0.1) is 5.69 Å². The fourth-order valence-electron chi connectivity index (χ4n) is 2.79. The lowest BCUT2D eigenvalue weighted by Gasteiger charge is -2.18. The van der Waals surface area contributed by atoms with Crippen LogP contribution in [0.5, 0.6) is 0 Å². The lowest BCUT2D eigenvalue weighted by molar-refractivity contribution is -0.120. The van der Waals surface area contributed by atoms with Crippen LogP contribution in [-0.4, -0.2) is 18.4 Å². The van der Waals surface area contributed by atoms with Crippen molar-refractivity contribution in [1.82, 2.24) is 0 Å². The number of amides is 2. The van der Waals surface area contributed by atoms with Gasteiger partial charge in [-0.25, -0.2) is 4.39 Å². The Morgan fingerprint density at radius 1 is 1.33 bits per heavy atom. The Morgan fingerprint density at radius 3 is 2.76 bits per heavy atom. The molecule has 1 aromatic rings. The van der Waals surface area contributed by atoms with Gasteiger partial charge in [0.2, 0.25) is 11.8 Å². The quantitative estimate of drug-likeness (QED) is 0.794.